The molecular formula is C60H40N4O. The third kappa shape index (κ3) is 5.75. The quantitative estimate of drug-likeness (QED) is 0.167. The minimum atomic E-state index is -0.161. The van der Waals surface area contributed by atoms with Gasteiger partial charge in [0.15, 0.2) is 17.5 Å². The Morgan fingerprint density at radius 2 is 0.908 bits per heavy atom. The highest BCUT2D eigenvalue weighted by molar-refractivity contribution is 6.16. The molecule has 306 valence electrons. The van der Waals surface area contributed by atoms with Gasteiger partial charge in [-0.3, -0.25) is 0 Å². The summed E-state index contributed by atoms with van der Waals surface area (Å²) in [6.07, 6.45) is 0. The molecule has 1 aliphatic carbocycles. The van der Waals surface area contributed by atoms with Crippen molar-refractivity contribution in [3.8, 4) is 73.2 Å². The van der Waals surface area contributed by atoms with Crippen molar-refractivity contribution >= 4 is 43.7 Å². The topological polar surface area (TPSA) is 56.7 Å². The van der Waals surface area contributed by atoms with Crippen LogP contribution in [-0.4, -0.2) is 19.5 Å². The number of nitrogens with zero attached hydrogens (tertiary/aromatic N) is 4. The molecule has 3 aromatic heterocycles. The van der Waals surface area contributed by atoms with Crippen LogP contribution in [0.15, 0.2) is 211 Å². The lowest BCUT2D eigenvalue weighted by Gasteiger charge is -2.21. The summed E-state index contributed by atoms with van der Waals surface area (Å²) in [5, 5.41) is 4.67. The Hall–Kier alpha value is -8.41. The van der Waals surface area contributed by atoms with Crippen molar-refractivity contribution in [2.24, 2.45) is 0 Å². The summed E-state index contributed by atoms with van der Waals surface area (Å²) in [7, 11) is 0. The SMILES string of the molecule is CC1(C)c2ccccc2-c2c(-c3nc(-c4ccc(-c5cccc6c5oc5ccccc56)cc4)nc(-c4ccc(-c5cccc6c5c5ccccc5n6-c5ccccc5)cc4)n3)cccc21. The average Bonchev–Trinajstić information content (AvgIpc) is 4.00. The molecule has 0 saturated carbocycles. The molecule has 9 aromatic carbocycles. The second-order valence-corrected chi connectivity index (χ2v) is 17.5. The van der Waals surface area contributed by atoms with Crippen molar-refractivity contribution in [3.05, 3.63) is 217 Å². The normalized spacial score (nSPS) is 12.9. The first-order valence-corrected chi connectivity index (χ1v) is 22.2. The predicted octanol–water partition coefficient (Wildman–Crippen LogP) is 15.5. The van der Waals surface area contributed by atoms with Gasteiger partial charge < -0.3 is 8.98 Å². The molecule has 3 heterocycles. The molecule has 5 heteroatoms. The van der Waals surface area contributed by atoms with Gasteiger partial charge in [0.05, 0.1) is 11.0 Å². The molecule has 12 aromatic rings. The van der Waals surface area contributed by atoms with E-state index < -0.39 is 0 Å². The molecule has 0 aliphatic heterocycles. The van der Waals surface area contributed by atoms with Crippen LogP contribution in [0.5, 0.6) is 0 Å². The van der Waals surface area contributed by atoms with E-state index in [2.05, 4.69) is 213 Å². The summed E-state index contributed by atoms with van der Waals surface area (Å²) in [5.41, 5.74) is 17.3. The molecule has 0 saturated heterocycles. The first-order valence-electron chi connectivity index (χ1n) is 22.2. The van der Waals surface area contributed by atoms with Crippen LogP contribution in [-0.2, 0) is 5.41 Å². The van der Waals surface area contributed by atoms with Gasteiger partial charge in [0.2, 0.25) is 0 Å². The lowest BCUT2D eigenvalue weighted by molar-refractivity contribution is 0.660. The maximum absolute atomic E-state index is 6.42. The van der Waals surface area contributed by atoms with Crippen molar-refractivity contribution in [2.75, 3.05) is 0 Å². The van der Waals surface area contributed by atoms with Gasteiger partial charge in [-0.25, -0.2) is 15.0 Å². The Labute approximate surface area is 376 Å². The van der Waals surface area contributed by atoms with Gasteiger partial charge in [-0.05, 0) is 69.3 Å². The summed E-state index contributed by atoms with van der Waals surface area (Å²) >= 11 is 0. The van der Waals surface area contributed by atoms with Gasteiger partial charge in [0.25, 0.3) is 0 Å². The Kier molecular flexibility index (Phi) is 8.18. The number of furan rings is 1. The van der Waals surface area contributed by atoms with E-state index in [1.807, 2.05) is 12.1 Å². The van der Waals surface area contributed by atoms with Crippen LogP contribution < -0.4 is 0 Å². The van der Waals surface area contributed by atoms with E-state index in [4.69, 9.17) is 19.4 Å². The standard InChI is InChI=1S/C60H40N4O/c1-60(2)49-24-9-6-18-46(49)54-48(23-13-25-50(54)60)59-62-57(61-58(63-59)40-35-31-38(32-36-40)43-21-12-22-45-44-17-8-11-28-53(44)65-56(43)45)39-33-29-37(30-34-39)42-20-14-27-52-55(42)47-19-7-10-26-51(47)64(52)41-15-4-3-5-16-41/h3-36H,1-2H3. The number of para-hydroxylation sites is 4. The zero-order valence-electron chi connectivity index (χ0n) is 35.8. The summed E-state index contributed by atoms with van der Waals surface area (Å²) in [6.45, 7) is 4.61. The second-order valence-electron chi connectivity index (χ2n) is 17.5. The number of fused-ring (bicyclic) bond motifs is 9. The molecule has 0 N–H and O–H groups in total. The Bertz CT molecular complexity index is 3840. The smallest absolute Gasteiger partial charge is 0.164 e. The summed E-state index contributed by atoms with van der Waals surface area (Å²) in [4.78, 5) is 15.8. The molecule has 0 amide bonds. The maximum Gasteiger partial charge on any atom is 0.164 e. The van der Waals surface area contributed by atoms with Crippen LogP contribution in [0.2, 0.25) is 0 Å². The average molecular weight is 833 g/mol. The molecule has 0 unspecified atom stereocenters. The van der Waals surface area contributed by atoms with E-state index in [1.165, 1.54) is 49.6 Å². The monoisotopic (exact) mass is 832 g/mol. The molecule has 0 radical (unpaired) electrons. The van der Waals surface area contributed by atoms with Crippen LogP contribution in [0, 0.1) is 0 Å². The van der Waals surface area contributed by atoms with E-state index in [0.29, 0.717) is 17.5 Å². The summed E-state index contributed by atoms with van der Waals surface area (Å²) < 4.78 is 8.78. The number of benzene rings is 9. The maximum atomic E-state index is 6.42. The van der Waals surface area contributed by atoms with E-state index in [1.54, 1.807) is 0 Å². The lowest BCUT2D eigenvalue weighted by Crippen LogP contribution is -2.14. The number of hydrogen-bond acceptors (Lipinski definition) is 4. The number of aromatic nitrogens is 4. The van der Waals surface area contributed by atoms with E-state index in [9.17, 15) is 0 Å². The Balaban J connectivity index is 0.951. The first kappa shape index (κ1) is 37.2. The second kappa shape index (κ2) is 14.3. The van der Waals surface area contributed by atoms with Crippen molar-refractivity contribution in [1.29, 1.82) is 0 Å². The summed E-state index contributed by atoms with van der Waals surface area (Å²) in [5.74, 6) is 1.88. The van der Waals surface area contributed by atoms with E-state index in [0.717, 1.165) is 61.0 Å². The Morgan fingerprint density at radius 3 is 1.69 bits per heavy atom. The molecule has 0 fully saturated rings. The van der Waals surface area contributed by atoms with E-state index in [-0.39, 0.29) is 5.41 Å². The van der Waals surface area contributed by atoms with Crippen molar-refractivity contribution < 1.29 is 4.42 Å². The Morgan fingerprint density at radius 1 is 0.385 bits per heavy atom. The summed E-state index contributed by atoms with van der Waals surface area (Å²) in [6, 6.07) is 73.0. The molecule has 0 atom stereocenters. The van der Waals surface area contributed by atoms with Gasteiger partial charge in [0, 0.05) is 54.9 Å². The lowest BCUT2D eigenvalue weighted by atomic mass is 9.82. The van der Waals surface area contributed by atoms with Gasteiger partial charge in [-0.15, -0.1) is 0 Å². The molecular weight excluding hydrogens is 793 g/mol. The van der Waals surface area contributed by atoms with Crippen molar-refractivity contribution in [1.82, 2.24) is 19.5 Å². The highest BCUT2D eigenvalue weighted by Crippen LogP contribution is 2.52. The largest absolute Gasteiger partial charge is 0.455 e. The molecule has 1 aliphatic rings. The van der Waals surface area contributed by atoms with Gasteiger partial charge in [-0.2, -0.15) is 0 Å². The molecule has 0 spiro atoms. The minimum absolute atomic E-state index is 0.161. The third-order valence-electron chi connectivity index (χ3n) is 13.5. The predicted molar refractivity (Wildman–Crippen MR) is 266 cm³/mol. The van der Waals surface area contributed by atoms with Gasteiger partial charge in [-0.1, -0.05) is 190 Å². The van der Waals surface area contributed by atoms with Crippen LogP contribution in [0.25, 0.3) is 117 Å². The first-order chi connectivity index (χ1) is 32.0. The van der Waals surface area contributed by atoms with Crippen LogP contribution in [0.4, 0.5) is 0 Å². The number of rotatable bonds is 6. The zero-order chi connectivity index (χ0) is 43.2. The van der Waals surface area contributed by atoms with Gasteiger partial charge >= 0.3 is 0 Å². The van der Waals surface area contributed by atoms with E-state index >= 15 is 0 Å². The zero-order valence-corrected chi connectivity index (χ0v) is 35.8. The van der Waals surface area contributed by atoms with Gasteiger partial charge in [0.1, 0.15) is 11.2 Å². The molecule has 65 heavy (non-hydrogen) atoms. The minimum Gasteiger partial charge on any atom is -0.455 e. The molecule has 13 rings (SSSR count). The number of hydrogen-bond donors (Lipinski definition) is 0. The molecule has 5 nitrogen and oxygen atoms in total. The van der Waals surface area contributed by atoms with Crippen molar-refractivity contribution in [2.45, 2.75) is 19.3 Å². The highest BCUT2D eigenvalue weighted by atomic mass is 16.3. The van der Waals surface area contributed by atoms with Crippen molar-refractivity contribution in [3.63, 3.8) is 0 Å². The molecule has 0 bridgehead atoms. The van der Waals surface area contributed by atoms with Crippen LogP contribution >= 0.6 is 0 Å². The fourth-order valence-corrected chi connectivity index (χ4v) is 10.4. The van der Waals surface area contributed by atoms with Crippen LogP contribution in [0.3, 0.4) is 0 Å². The highest BCUT2D eigenvalue weighted by Gasteiger charge is 2.37. The third-order valence-corrected chi connectivity index (χ3v) is 13.5. The van der Waals surface area contributed by atoms with Crippen LogP contribution in [0.1, 0.15) is 25.0 Å². The fraction of sp³-hybridized carbons (Fsp3) is 0.0500. The fourth-order valence-electron chi connectivity index (χ4n) is 10.4.